The highest BCUT2D eigenvalue weighted by molar-refractivity contribution is 6.31. The first-order valence-corrected chi connectivity index (χ1v) is 6.54. The molecule has 2 aromatic rings. The Morgan fingerprint density at radius 3 is 2.67 bits per heavy atom. The molecule has 5 nitrogen and oxygen atoms in total. The summed E-state index contributed by atoms with van der Waals surface area (Å²) in [5.41, 5.74) is 0.873. The predicted molar refractivity (Wildman–Crippen MR) is 78.1 cm³/mol. The summed E-state index contributed by atoms with van der Waals surface area (Å²) in [5.74, 6) is 0.278. The van der Waals surface area contributed by atoms with E-state index in [4.69, 9.17) is 16.3 Å². The number of halogens is 1. The van der Waals surface area contributed by atoms with E-state index in [-0.39, 0.29) is 22.2 Å². The molecule has 2 aromatic carbocycles. The number of nitro benzene ring substituents is 1. The van der Waals surface area contributed by atoms with Crippen molar-refractivity contribution in [3.05, 3.63) is 74.5 Å². The van der Waals surface area contributed by atoms with Crippen LogP contribution in [0.2, 0.25) is 5.02 Å². The molecule has 21 heavy (non-hydrogen) atoms. The van der Waals surface area contributed by atoms with Gasteiger partial charge in [0.1, 0.15) is 11.9 Å². The first kappa shape index (κ1) is 13.6. The highest BCUT2D eigenvalue weighted by atomic mass is 35.5. The minimum absolute atomic E-state index is 0.0408. The molecule has 1 aliphatic rings. The third-order valence-corrected chi connectivity index (χ3v) is 3.37. The maximum Gasteiger partial charge on any atom is 0.313 e. The van der Waals surface area contributed by atoms with Crippen LogP contribution in [-0.4, -0.2) is 10.0 Å². The van der Waals surface area contributed by atoms with Crippen LogP contribution in [-0.2, 0) is 0 Å². The summed E-state index contributed by atoms with van der Waals surface area (Å²) in [7, 11) is 0. The molecule has 3 rings (SSSR count). The van der Waals surface area contributed by atoms with Crippen molar-refractivity contribution in [3.63, 3.8) is 0 Å². The number of nitro groups is 1. The molecular formula is C15H10ClNO4. The number of fused-ring (bicyclic) bond motifs is 1. The number of hydrogen-bond acceptors (Lipinski definition) is 4. The van der Waals surface area contributed by atoms with Gasteiger partial charge in [0.05, 0.1) is 4.92 Å². The lowest BCUT2D eigenvalue weighted by Gasteiger charge is -2.03. The van der Waals surface area contributed by atoms with Gasteiger partial charge in [-0.3, -0.25) is 10.1 Å². The molecule has 0 radical (unpaired) electrons. The lowest BCUT2D eigenvalue weighted by Crippen LogP contribution is -1.96. The molecule has 1 N–H and O–H groups in total. The maximum atomic E-state index is 11.1. The number of ether oxygens (including phenoxy) is 1. The zero-order chi connectivity index (χ0) is 15.0. The second kappa shape index (κ2) is 5.20. The van der Waals surface area contributed by atoms with Crippen molar-refractivity contribution in [1.29, 1.82) is 0 Å². The zero-order valence-electron chi connectivity index (χ0n) is 10.7. The van der Waals surface area contributed by atoms with Gasteiger partial charge in [-0.25, -0.2) is 0 Å². The second-order valence-electron chi connectivity index (χ2n) is 4.56. The normalized spacial score (nSPS) is 18.4. The van der Waals surface area contributed by atoms with Crippen LogP contribution in [0.1, 0.15) is 17.2 Å². The zero-order valence-corrected chi connectivity index (χ0v) is 11.4. The Morgan fingerprint density at radius 1 is 1.29 bits per heavy atom. The molecule has 1 heterocycles. The van der Waals surface area contributed by atoms with Gasteiger partial charge in [0.25, 0.3) is 0 Å². The fourth-order valence-electron chi connectivity index (χ4n) is 2.20. The van der Waals surface area contributed by atoms with E-state index in [0.29, 0.717) is 5.56 Å². The van der Waals surface area contributed by atoms with E-state index in [1.807, 2.05) is 30.3 Å². The van der Waals surface area contributed by atoms with Gasteiger partial charge in [-0.1, -0.05) is 41.9 Å². The second-order valence-corrected chi connectivity index (χ2v) is 5.00. The minimum Gasteiger partial charge on any atom is -0.451 e. The van der Waals surface area contributed by atoms with Gasteiger partial charge in [0.15, 0.2) is 0 Å². The summed E-state index contributed by atoms with van der Waals surface area (Å²) < 4.78 is 5.48. The SMILES string of the molecule is O=[N+]([O-])c1cc(Cl)cc2c1O/C(=C/c1ccccc1)C2O. The smallest absolute Gasteiger partial charge is 0.313 e. The van der Waals surface area contributed by atoms with Gasteiger partial charge in [-0.15, -0.1) is 0 Å². The van der Waals surface area contributed by atoms with Crippen molar-refractivity contribution >= 4 is 23.4 Å². The Bertz CT molecular complexity index is 743. The van der Waals surface area contributed by atoms with Crippen molar-refractivity contribution < 1.29 is 14.8 Å². The van der Waals surface area contributed by atoms with Crippen LogP contribution in [0.3, 0.4) is 0 Å². The molecule has 106 valence electrons. The summed E-state index contributed by atoms with van der Waals surface area (Å²) in [5, 5.41) is 21.5. The summed E-state index contributed by atoms with van der Waals surface area (Å²) in [4.78, 5) is 10.5. The van der Waals surface area contributed by atoms with Gasteiger partial charge >= 0.3 is 5.69 Å². The number of nitrogens with zero attached hydrogens (tertiary/aromatic N) is 1. The summed E-state index contributed by atoms with van der Waals surface area (Å²) in [6.07, 6.45) is 0.570. The third-order valence-electron chi connectivity index (χ3n) is 3.15. The predicted octanol–water partition coefficient (Wildman–Crippen LogP) is 3.72. The van der Waals surface area contributed by atoms with E-state index in [1.54, 1.807) is 6.08 Å². The lowest BCUT2D eigenvalue weighted by atomic mass is 10.1. The largest absolute Gasteiger partial charge is 0.451 e. The lowest BCUT2D eigenvalue weighted by molar-refractivity contribution is -0.385. The molecular weight excluding hydrogens is 294 g/mol. The van der Waals surface area contributed by atoms with Gasteiger partial charge in [-0.05, 0) is 17.7 Å². The van der Waals surface area contributed by atoms with Gasteiger partial charge < -0.3 is 9.84 Å². The Kier molecular flexibility index (Phi) is 3.37. The van der Waals surface area contributed by atoms with Crippen molar-refractivity contribution in [2.75, 3.05) is 0 Å². The van der Waals surface area contributed by atoms with E-state index in [2.05, 4.69) is 0 Å². The maximum absolute atomic E-state index is 11.1. The van der Waals surface area contributed by atoms with Crippen LogP contribution in [0.4, 0.5) is 5.69 Å². The van der Waals surface area contributed by atoms with E-state index in [0.717, 1.165) is 5.56 Å². The van der Waals surface area contributed by atoms with E-state index in [1.165, 1.54) is 12.1 Å². The Hall–Kier alpha value is -2.37. The molecule has 0 aromatic heterocycles. The Balaban J connectivity index is 2.06. The summed E-state index contributed by atoms with van der Waals surface area (Å²) in [6, 6.07) is 11.9. The van der Waals surface area contributed by atoms with Crippen LogP contribution < -0.4 is 4.74 Å². The van der Waals surface area contributed by atoms with Crippen molar-refractivity contribution in [2.24, 2.45) is 0 Å². The minimum atomic E-state index is -1.07. The number of aliphatic hydroxyl groups excluding tert-OH is 1. The van der Waals surface area contributed by atoms with Crippen LogP contribution in [0.25, 0.3) is 6.08 Å². The molecule has 0 saturated heterocycles. The van der Waals surface area contributed by atoms with E-state index in [9.17, 15) is 15.2 Å². The summed E-state index contributed by atoms with van der Waals surface area (Å²) >= 11 is 5.86. The summed E-state index contributed by atoms with van der Waals surface area (Å²) in [6.45, 7) is 0. The molecule has 6 heteroatoms. The Labute approximate surface area is 125 Å². The molecule has 0 aliphatic carbocycles. The molecule has 0 spiro atoms. The van der Waals surface area contributed by atoms with Crippen LogP contribution in [0.5, 0.6) is 5.75 Å². The average Bonchev–Trinajstić information content (AvgIpc) is 2.76. The quantitative estimate of drug-likeness (QED) is 0.678. The molecule has 1 atom stereocenters. The van der Waals surface area contributed by atoms with Crippen LogP contribution in [0, 0.1) is 10.1 Å². The Morgan fingerprint density at radius 2 is 2.00 bits per heavy atom. The standard InChI is InChI=1S/C15H10ClNO4/c16-10-7-11-14(18)13(6-9-4-2-1-3-5-9)21-15(11)12(8-10)17(19)20/h1-8,14,18H/b13-6+. The number of aliphatic hydroxyl groups is 1. The molecule has 1 unspecified atom stereocenters. The highest BCUT2D eigenvalue weighted by Crippen LogP contribution is 2.46. The number of hydrogen-bond donors (Lipinski definition) is 1. The van der Waals surface area contributed by atoms with Crippen LogP contribution >= 0.6 is 11.6 Å². The van der Waals surface area contributed by atoms with E-state index < -0.39 is 11.0 Å². The molecule has 1 aliphatic heterocycles. The van der Waals surface area contributed by atoms with Crippen LogP contribution in [0.15, 0.2) is 48.2 Å². The fraction of sp³-hybridized carbons (Fsp3) is 0.0667. The molecule has 0 bridgehead atoms. The molecule has 0 saturated carbocycles. The van der Waals surface area contributed by atoms with Gasteiger partial charge in [-0.2, -0.15) is 0 Å². The van der Waals surface area contributed by atoms with Crippen molar-refractivity contribution in [2.45, 2.75) is 6.10 Å². The topological polar surface area (TPSA) is 72.6 Å². The first-order chi connectivity index (χ1) is 10.1. The monoisotopic (exact) mass is 303 g/mol. The van der Waals surface area contributed by atoms with Gasteiger partial charge in [0.2, 0.25) is 5.75 Å². The first-order valence-electron chi connectivity index (χ1n) is 6.16. The van der Waals surface area contributed by atoms with Crippen molar-refractivity contribution in [1.82, 2.24) is 0 Å². The van der Waals surface area contributed by atoms with Crippen molar-refractivity contribution in [3.8, 4) is 5.75 Å². The highest BCUT2D eigenvalue weighted by Gasteiger charge is 2.34. The molecule has 0 fully saturated rings. The number of benzene rings is 2. The molecule has 0 amide bonds. The number of rotatable bonds is 2. The fourth-order valence-corrected chi connectivity index (χ4v) is 2.42. The van der Waals surface area contributed by atoms with E-state index >= 15 is 0 Å². The average molecular weight is 304 g/mol. The third kappa shape index (κ3) is 2.49. The van der Waals surface area contributed by atoms with Gasteiger partial charge in [0, 0.05) is 16.7 Å².